The molecule has 0 spiro atoms. The normalized spacial score (nSPS) is 16.4. The molecule has 0 saturated heterocycles. The van der Waals surface area contributed by atoms with Gasteiger partial charge in [-0.25, -0.2) is 4.68 Å². The molecule has 5 heteroatoms. The number of aromatic nitrogens is 4. The minimum absolute atomic E-state index is 0.172. The third-order valence-electron chi connectivity index (χ3n) is 4.11. The van der Waals surface area contributed by atoms with Crippen molar-refractivity contribution in [3.8, 4) is 0 Å². The topological polar surface area (TPSA) is 55.6 Å². The first-order valence-electron chi connectivity index (χ1n) is 7.73. The van der Waals surface area contributed by atoms with Crippen LogP contribution in [0.2, 0.25) is 0 Å². The SMILES string of the molecule is CC(C)CNC(C)c1nnnn1C1Cc2ccccc2C1. The van der Waals surface area contributed by atoms with Crippen LogP contribution >= 0.6 is 0 Å². The number of rotatable bonds is 5. The van der Waals surface area contributed by atoms with Crippen molar-refractivity contribution in [3.63, 3.8) is 0 Å². The van der Waals surface area contributed by atoms with Crippen LogP contribution < -0.4 is 5.32 Å². The van der Waals surface area contributed by atoms with Crippen molar-refractivity contribution in [2.75, 3.05) is 6.54 Å². The molecule has 1 unspecified atom stereocenters. The summed E-state index contributed by atoms with van der Waals surface area (Å²) < 4.78 is 2.01. The summed E-state index contributed by atoms with van der Waals surface area (Å²) in [6.07, 6.45) is 2.04. The number of benzene rings is 1. The van der Waals surface area contributed by atoms with E-state index < -0.39 is 0 Å². The summed E-state index contributed by atoms with van der Waals surface area (Å²) in [6, 6.07) is 9.14. The zero-order chi connectivity index (χ0) is 14.8. The van der Waals surface area contributed by atoms with Gasteiger partial charge in [0.25, 0.3) is 0 Å². The fraction of sp³-hybridized carbons (Fsp3) is 0.562. The second kappa shape index (κ2) is 5.93. The quantitative estimate of drug-likeness (QED) is 0.916. The highest BCUT2D eigenvalue weighted by molar-refractivity contribution is 5.32. The van der Waals surface area contributed by atoms with Gasteiger partial charge in [0.05, 0.1) is 12.1 Å². The largest absolute Gasteiger partial charge is 0.307 e. The van der Waals surface area contributed by atoms with Crippen LogP contribution in [0.5, 0.6) is 0 Å². The molecular formula is C16H23N5. The van der Waals surface area contributed by atoms with Gasteiger partial charge in [-0.15, -0.1) is 5.10 Å². The summed E-state index contributed by atoms with van der Waals surface area (Å²) in [4.78, 5) is 0. The van der Waals surface area contributed by atoms with E-state index >= 15 is 0 Å². The molecule has 0 bridgehead atoms. The molecule has 112 valence electrons. The highest BCUT2D eigenvalue weighted by atomic mass is 15.6. The third kappa shape index (κ3) is 2.97. The van der Waals surface area contributed by atoms with E-state index in [2.05, 4.69) is 65.9 Å². The summed E-state index contributed by atoms with van der Waals surface area (Å²) in [7, 11) is 0. The first-order chi connectivity index (χ1) is 10.1. The molecule has 2 aromatic rings. The van der Waals surface area contributed by atoms with Crippen LogP contribution in [0.15, 0.2) is 24.3 Å². The Labute approximate surface area is 125 Å². The van der Waals surface area contributed by atoms with Crippen LogP contribution in [0.25, 0.3) is 0 Å². The Bertz CT molecular complexity index is 579. The molecule has 1 aliphatic carbocycles. The van der Waals surface area contributed by atoms with Gasteiger partial charge in [-0.1, -0.05) is 38.1 Å². The first kappa shape index (κ1) is 14.2. The average molecular weight is 285 g/mol. The predicted octanol–water partition coefficient (Wildman–Crippen LogP) is 2.32. The monoisotopic (exact) mass is 285 g/mol. The van der Waals surface area contributed by atoms with Crippen molar-refractivity contribution in [3.05, 3.63) is 41.2 Å². The molecule has 1 aromatic heterocycles. The van der Waals surface area contributed by atoms with Gasteiger partial charge < -0.3 is 5.32 Å². The molecule has 0 amide bonds. The van der Waals surface area contributed by atoms with Crippen molar-refractivity contribution in [1.29, 1.82) is 0 Å². The predicted molar refractivity (Wildman–Crippen MR) is 82.0 cm³/mol. The summed E-state index contributed by atoms with van der Waals surface area (Å²) >= 11 is 0. The maximum atomic E-state index is 4.24. The fourth-order valence-corrected chi connectivity index (χ4v) is 2.96. The van der Waals surface area contributed by atoms with E-state index in [1.807, 2.05) is 4.68 Å². The molecule has 1 aliphatic rings. The summed E-state index contributed by atoms with van der Waals surface area (Å²) in [5.41, 5.74) is 2.85. The number of nitrogens with one attached hydrogen (secondary N) is 1. The molecule has 0 saturated carbocycles. The Hall–Kier alpha value is -1.75. The lowest BCUT2D eigenvalue weighted by molar-refractivity contribution is 0.406. The standard InChI is InChI=1S/C16H23N5/c1-11(2)10-17-12(3)16-18-19-20-21(16)15-8-13-6-4-5-7-14(13)9-15/h4-7,11-12,15,17H,8-10H2,1-3H3. The Morgan fingerprint density at radius 1 is 1.19 bits per heavy atom. The third-order valence-corrected chi connectivity index (χ3v) is 4.11. The molecule has 0 radical (unpaired) electrons. The molecule has 0 aliphatic heterocycles. The van der Waals surface area contributed by atoms with Gasteiger partial charge in [-0.2, -0.15) is 0 Å². The fourth-order valence-electron chi connectivity index (χ4n) is 2.96. The smallest absolute Gasteiger partial charge is 0.168 e. The van der Waals surface area contributed by atoms with E-state index in [4.69, 9.17) is 0 Å². The van der Waals surface area contributed by atoms with Crippen LogP contribution in [-0.2, 0) is 12.8 Å². The Morgan fingerprint density at radius 2 is 1.86 bits per heavy atom. The maximum Gasteiger partial charge on any atom is 0.168 e. The Kier molecular flexibility index (Phi) is 4.01. The van der Waals surface area contributed by atoms with E-state index in [1.54, 1.807) is 0 Å². The van der Waals surface area contributed by atoms with E-state index in [0.29, 0.717) is 12.0 Å². The van der Waals surface area contributed by atoms with E-state index in [0.717, 1.165) is 25.2 Å². The summed E-state index contributed by atoms with van der Waals surface area (Å²) in [5, 5.41) is 15.9. The minimum Gasteiger partial charge on any atom is -0.307 e. The highest BCUT2D eigenvalue weighted by Gasteiger charge is 2.27. The van der Waals surface area contributed by atoms with Crippen LogP contribution in [0, 0.1) is 5.92 Å². The average Bonchev–Trinajstić information content (AvgIpc) is 3.10. The number of hydrogen-bond acceptors (Lipinski definition) is 4. The first-order valence-corrected chi connectivity index (χ1v) is 7.73. The maximum absolute atomic E-state index is 4.24. The van der Waals surface area contributed by atoms with Gasteiger partial charge in [0, 0.05) is 0 Å². The second-order valence-corrected chi connectivity index (χ2v) is 6.34. The molecule has 1 atom stereocenters. The lowest BCUT2D eigenvalue weighted by atomic mass is 10.1. The molecule has 1 N–H and O–H groups in total. The second-order valence-electron chi connectivity index (χ2n) is 6.34. The van der Waals surface area contributed by atoms with Gasteiger partial charge in [-0.3, -0.25) is 0 Å². The van der Waals surface area contributed by atoms with Crippen molar-refractivity contribution in [1.82, 2.24) is 25.5 Å². The lowest BCUT2D eigenvalue weighted by Gasteiger charge is -2.18. The Morgan fingerprint density at radius 3 is 2.48 bits per heavy atom. The van der Waals surface area contributed by atoms with Crippen LogP contribution in [0.1, 0.15) is 49.8 Å². The van der Waals surface area contributed by atoms with Crippen molar-refractivity contribution in [2.24, 2.45) is 5.92 Å². The van der Waals surface area contributed by atoms with E-state index in [-0.39, 0.29) is 6.04 Å². The number of nitrogens with zero attached hydrogens (tertiary/aromatic N) is 4. The molecule has 1 aromatic carbocycles. The molecular weight excluding hydrogens is 262 g/mol. The number of fused-ring (bicyclic) bond motifs is 1. The van der Waals surface area contributed by atoms with Gasteiger partial charge >= 0.3 is 0 Å². The van der Waals surface area contributed by atoms with Crippen LogP contribution in [-0.4, -0.2) is 26.8 Å². The van der Waals surface area contributed by atoms with Crippen molar-refractivity contribution >= 4 is 0 Å². The lowest BCUT2D eigenvalue weighted by Crippen LogP contribution is -2.27. The van der Waals surface area contributed by atoms with Gasteiger partial charge in [0.1, 0.15) is 0 Å². The van der Waals surface area contributed by atoms with E-state index in [9.17, 15) is 0 Å². The number of hydrogen-bond donors (Lipinski definition) is 1. The zero-order valence-corrected chi connectivity index (χ0v) is 13.0. The Balaban J connectivity index is 1.75. The van der Waals surface area contributed by atoms with Crippen LogP contribution in [0.3, 0.4) is 0 Å². The van der Waals surface area contributed by atoms with Gasteiger partial charge in [0.15, 0.2) is 5.82 Å². The van der Waals surface area contributed by atoms with Crippen molar-refractivity contribution < 1.29 is 0 Å². The van der Waals surface area contributed by atoms with Gasteiger partial charge in [-0.05, 0) is 53.8 Å². The minimum atomic E-state index is 0.172. The molecule has 1 heterocycles. The molecule has 0 fully saturated rings. The highest BCUT2D eigenvalue weighted by Crippen LogP contribution is 2.30. The zero-order valence-electron chi connectivity index (χ0n) is 13.0. The molecule has 5 nitrogen and oxygen atoms in total. The number of tetrazole rings is 1. The summed E-state index contributed by atoms with van der Waals surface area (Å²) in [6.45, 7) is 7.51. The van der Waals surface area contributed by atoms with Crippen LogP contribution in [0.4, 0.5) is 0 Å². The van der Waals surface area contributed by atoms with Gasteiger partial charge in [0.2, 0.25) is 0 Å². The molecule has 3 rings (SSSR count). The van der Waals surface area contributed by atoms with E-state index in [1.165, 1.54) is 11.1 Å². The molecule has 21 heavy (non-hydrogen) atoms. The van der Waals surface area contributed by atoms with Crippen molar-refractivity contribution in [2.45, 2.75) is 45.7 Å². The summed E-state index contributed by atoms with van der Waals surface area (Å²) in [5.74, 6) is 1.56.